The van der Waals surface area contributed by atoms with E-state index >= 15 is 0 Å². The molecule has 2 atom stereocenters. The second kappa shape index (κ2) is 9.03. The van der Waals surface area contributed by atoms with Crippen LogP contribution in [0.3, 0.4) is 0 Å². The molecule has 0 saturated heterocycles. The minimum Gasteiger partial charge on any atom is -0.350 e. The van der Waals surface area contributed by atoms with Gasteiger partial charge in [0.15, 0.2) is 16.0 Å². The van der Waals surface area contributed by atoms with Crippen molar-refractivity contribution >= 4 is 16.0 Å². The molecule has 0 heterocycles. The van der Waals surface area contributed by atoms with Crippen LogP contribution in [0.2, 0.25) is 0 Å². The summed E-state index contributed by atoms with van der Waals surface area (Å²) in [6, 6.07) is 0.831. The van der Waals surface area contributed by atoms with Gasteiger partial charge in [-0.1, -0.05) is 41.5 Å². The Balaban J connectivity index is 3.93. The largest absolute Gasteiger partial charge is 0.350 e. The van der Waals surface area contributed by atoms with Crippen LogP contribution in [-0.2, 0) is 0 Å². The van der Waals surface area contributed by atoms with Gasteiger partial charge in [0, 0.05) is 0 Å². The fraction of sp³-hybridized carbons (Fsp3) is 1.00. The SMILES string of the molecule is [B]N(CCN([B])C(C)CC(C)C)C(C)CC(C)C. The molecule has 2 unspecified atom stereocenters. The molecule has 4 heteroatoms. The van der Waals surface area contributed by atoms with E-state index in [9.17, 15) is 0 Å². The summed E-state index contributed by atoms with van der Waals surface area (Å²) in [7, 11) is 12.1. The molecule has 0 aromatic carbocycles. The molecule has 0 aliphatic heterocycles. The topological polar surface area (TPSA) is 6.48 Å². The fourth-order valence-corrected chi connectivity index (χ4v) is 2.31. The third-order valence-corrected chi connectivity index (χ3v) is 3.37. The summed E-state index contributed by atoms with van der Waals surface area (Å²) in [6.07, 6.45) is 2.26. The van der Waals surface area contributed by atoms with E-state index in [1.807, 2.05) is 9.62 Å². The molecule has 0 rings (SSSR count). The molecule has 2 nitrogen and oxygen atoms in total. The Hall–Kier alpha value is 0.0499. The summed E-state index contributed by atoms with van der Waals surface area (Å²) in [6.45, 7) is 14.9. The van der Waals surface area contributed by atoms with Gasteiger partial charge in [0.25, 0.3) is 0 Å². The first-order valence-electron chi connectivity index (χ1n) is 7.26. The minimum absolute atomic E-state index is 0.416. The lowest BCUT2D eigenvalue weighted by atomic mass is 10.00. The van der Waals surface area contributed by atoms with Crippen LogP contribution in [0.5, 0.6) is 0 Å². The van der Waals surface area contributed by atoms with Gasteiger partial charge in [-0.15, -0.1) is 0 Å². The van der Waals surface area contributed by atoms with Crippen LogP contribution in [0, 0.1) is 11.8 Å². The van der Waals surface area contributed by atoms with Crippen molar-refractivity contribution in [3.63, 3.8) is 0 Å². The van der Waals surface area contributed by atoms with Crippen molar-refractivity contribution in [3.05, 3.63) is 0 Å². The zero-order valence-electron chi connectivity index (χ0n) is 13.2. The van der Waals surface area contributed by atoms with Crippen molar-refractivity contribution in [1.29, 1.82) is 0 Å². The van der Waals surface area contributed by atoms with Gasteiger partial charge in [-0.25, -0.2) is 0 Å². The second-order valence-corrected chi connectivity index (χ2v) is 6.43. The quantitative estimate of drug-likeness (QED) is 0.578. The van der Waals surface area contributed by atoms with Crippen LogP contribution in [0.25, 0.3) is 0 Å². The Morgan fingerprint density at radius 3 is 1.17 bits per heavy atom. The lowest BCUT2D eigenvalue weighted by Crippen LogP contribution is -2.41. The Labute approximate surface area is 117 Å². The Morgan fingerprint density at radius 1 is 0.667 bits per heavy atom. The smallest absolute Gasteiger partial charge is 0.182 e. The van der Waals surface area contributed by atoms with Crippen LogP contribution in [0.4, 0.5) is 0 Å². The van der Waals surface area contributed by atoms with Gasteiger partial charge < -0.3 is 9.62 Å². The lowest BCUT2D eigenvalue weighted by Gasteiger charge is -2.32. The van der Waals surface area contributed by atoms with E-state index in [-0.39, 0.29) is 0 Å². The summed E-state index contributed by atoms with van der Waals surface area (Å²) >= 11 is 0. The Morgan fingerprint density at radius 2 is 0.944 bits per heavy atom. The third kappa shape index (κ3) is 8.20. The van der Waals surface area contributed by atoms with Gasteiger partial charge in [0.2, 0.25) is 0 Å². The summed E-state index contributed by atoms with van der Waals surface area (Å²) < 4.78 is 0. The average molecular weight is 248 g/mol. The summed E-state index contributed by atoms with van der Waals surface area (Å²) in [5.74, 6) is 1.36. The fourth-order valence-electron chi connectivity index (χ4n) is 2.31. The van der Waals surface area contributed by atoms with Crippen LogP contribution in [-0.4, -0.2) is 50.8 Å². The van der Waals surface area contributed by atoms with Crippen molar-refractivity contribution in [3.8, 4) is 0 Å². The first-order chi connectivity index (χ1) is 8.23. The maximum absolute atomic E-state index is 6.07. The van der Waals surface area contributed by atoms with E-state index in [0.29, 0.717) is 23.9 Å². The van der Waals surface area contributed by atoms with Gasteiger partial charge in [-0.2, -0.15) is 0 Å². The van der Waals surface area contributed by atoms with Gasteiger partial charge in [0.05, 0.1) is 0 Å². The molecule has 102 valence electrons. The zero-order chi connectivity index (χ0) is 14.3. The molecule has 18 heavy (non-hydrogen) atoms. The summed E-state index contributed by atoms with van der Waals surface area (Å²) in [4.78, 5) is 3.84. The molecule has 0 N–H and O–H groups in total. The van der Waals surface area contributed by atoms with E-state index in [2.05, 4.69) is 41.5 Å². The number of hydrogen-bond acceptors (Lipinski definition) is 2. The van der Waals surface area contributed by atoms with Crippen molar-refractivity contribution in [2.75, 3.05) is 13.1 Å². The molecule has 0 aliphatic rings. The van der Waals surface area contributed by atoms with E-state index in [1.165, 1.54) is 0 Å². The minimum atomic E-state index is 0.416. The zero-order valence-corrected chi connectivity index (χ0v) is 13.2. The molecule has 0 aromatic rings. The normalized spacial score (nSPS) is 15.9. The first kappa shape index (κ1) is 18.0. The van der Waals surface area contributed by atoms with Gasteiger partial charge in [-0.3, -0.25) is 0 Å². The second-order valence-electron chi connectivity index (χ2n) is 6.43. The van der Waals surface area contributed by atoms with Crippen LogP contribution >= 0.6 is 0 Å². The van der Waals surface area contributed by atoms with Crippen molar-refractivity contribution in [2.24, 2.45) is 11.8 Å². The molecule has 0 aliphatic carbocycles. The van der Waals surface area contributed by atoms with E-state index in [1.54, 1.807) is 0 Å². The standard InChI is InChI=1S/C14H30B2N2/c1-11(2)9-13(5)17(15)7-8-18(16)14(6)10-12(3)4/h11-14H,7-10H2,1-6H3. The molecule has 0 bridgehead atoms. The molecule has 4 radical (unpaired) electrons. The number of hydrogen-bond donors (Lipinski definition) is 0. The molecule has 0 fully saturated rings. The average Bonchev–Trinajstić information content (AvgIpc) is 2.23. The Kier molecular flexibility index (Phi) is 9.06. The monoisotopic (exact) mass is 248 g/mol. The van der Waals surface area contributed by atoms with Crippen LogP contribution in [0.1, 0.15) is 54.4 Å². The van der Waals surface area contributed by atoms with Gasteiger partial charge >= 0.3 is 0 Å². The molecule has 0 amide bonds. The molecular formula is C14H30B2N2. The molecular weight excluding hydrogens is 218 g/mol. The van der Waals surface area contributed by atoms with E-state index < -0.39 is 0 Å². The number of nitrogens with zero attached hydrogens (tertiary/aromatic N) is 2. The molecule has 0 aromatic heterocycles. The van der Waals surface area contributed by atoms with Crippen LogP contribution in [0.15, 0.2) is 0 Å². The predicted octanol–water partition coefficient (Wildman–Crippen LogP) is 2.63. The highest BCUT2D eigenvalue weighted by Crippen LogP contribution is 2.11. The first-order valence-corrected chi connectivity index (χ1v) is 7.26. The highest BCUT2D eigenvalue weighted by Gasteiger charge is 2.14. The predicted molar refractivity (Wildman–Crippen MR) is 82.8 cm³/mol. The maximum Gasteiger partial charge on any atom is 0.182 e. The third-order valence-electron chi connectivity index (χ3n) is 3.37. The van der Waals surface area contributed by atoms with E-state index in [0.717, 1.165) is 25.9 Å². The highest BCUT2D eigenvalue weighted by atomic mass is 15.1. The van der Waals surface area contributed by atoms with Crippen molar-refractivity contribution in [1.82, 2.24) is 9.62 Å². The molecule has 0 spiro atoms. The number of rotatable bonds is 9. The van der Waals surface area contributed by atoms with Crippen LogP contribution < -0.4 is 0 Å². The Bertz CT molecular complexity index is 188. The van der Waals surface area contributed by atoms with E-state index in [4.69, 9.17) is 16.0 Å². The summed E-state index contributed by atoms with van der Waals surface area (Å²) in [5, 5.41) is 0. The van der Waals surface area contributed by atoms with Gasteiger partial charge in [-0.05, 0) is 49.9 Å². The summed E-state index contributed by atoms with van der Waals surface area (Å²) in [5.41, 5.74) is 0. The lowest BCUT2D eigenvalue weighted by molar-refractivity contribution is 0.254. The van der Waals surface area contributed by atoms with Crippen molar-refractivity contribution in [2.45, 2.75) is 66.5 Å². The van der Waals surface area contributed by atoms with Crippen molar-refractivity contribution < 1.29 is 0 Å². The molecule has 0 saturated carbocycles. The maximum atomic E-state index is 6.07. The highest BCUT2D eigenvalue weighted by molar-refractivity contribution is 6.05. The van der Waals surface area contributed by atoms with Gasteiger partial charge in [0.1, 0.15) is 0 Å².